The molecule has 13 heteroatoms. The Morgan fingerprint density at radius 1 is 1.19 bits per heavy atom. The third-order valence-electron chi connectivity index (χ3n) is 11.8. The number of rotatable bonds is 5. The van der Waals surface area contributed by atoms with Crippen LogP contribution in [0.3, 0.4) is 0 Å². The Kier molecular flexibility index (Phi) is 9.99. The molecule has 6 heterocycles. The van der Waals surface area contributed by atoms with Crippen molar-refractivity contribution in [3.63, 3.8) is 0 Å². The van der Waals surface area contributed by atoms with Crippen LogP contribution in [0.4, 0.5) is 4.79 Å². The van der Waals surface area contributed by atoms with Gasteiger partial charge in [-0.2, -0.15) is 0 Å². The van der Waals surface area contributed by atoms with E-state index in [2.05, 4.69) is 60.3 Å². The van der Waals surface area contributed by atoms with Gasteiger partial charge in [0.15, 0.2) is 0 Å². The Morgan fingerprint density at radius 2 is 2.04 bits per heavy atom. The molecule has 1 aromatic carbocycles. The predicted molar refractivity (Wildman–Crippen MR) is 208 cm³/mol. The molecule has 2 N–H and O–H groups in total. The minimum Gasteiger partial charge on any atom is -0.464 e. The van der Waals surface area contributed by atoms with Crippen LogP contribution in [-0.2, 0) is 38.4 Å². The van der Waals surface area contributed by atoms with Crippen molar-refractivity contribution in [3.8, 4) is 22.5 Å². The van der Waals surface area contributed by atoms with Gasteiger partial charge in [0.1, 0.15) is 12.1 Å². The number of nitrogens with zero attached hydrogens (tertiary/aromatic N) is 5. The number of esters is 1. The number of likely N-dealkylation sites (tertiary alicyclic amines) is 1. The van der Waals surface area contributed by atoms with Crippen LogP contribution in [-0.4, -0.2) is 87.3 Å². The monoisotopic (exact) mass is 753 g/mol. The molecule has 4 aromatic rings. The maximum absolute atomic E-state index is 14.2. The number of aromatic nitrogens is 3. The van der Waals surface area contributed by atoms with E-state index in [1.807, 2.05) is 29.5 Å². The molecular weight excluding hydrogens is 703 g/mol. The van der Waals surface area contributed by atoms with E-state index in [1.165, 1.54) is 16.3 Å². The minimum absolute atomic E-state index is 0.191. The first-order valence-corrected chi connectivity index (χ1v) is 20.3. The number of cyclic esters (lactones) is 1. The number of carbonyl (C=O) groups excluding carboxylic acids is 3. The van der Waals surface area contributed by atoms with E-state index in [0.29, 0.717) is 31.7 Å². The molecule has 2 saturated heterocycles. The summed E-state index contributed by atoms with van der Waals surface area (Å²) < 4.78 is 14.2. The molecule has 1 aliphatic carbocycles. The van der Waals surface area contributed by atoms with Crippen molar-refractivity contribution in [3.05, 3.63) is 58.2 Å². The van der Waals surface area contributed by atoms with Gasteiger partial charge in [0.2, 0.25) is 0 Å². The fourth-order valence-electron chi connectivity index (χ4n) is 8.92. The quantitative estimate of drug-likeness (QED) is 0.228. The van der Waals surface area contributed by atoms with Gasteiger partial charge in [0.25, 0.3) is 5.91 Å². The zero-order chi connectivity index (χ0) is 37.7. The first-order chi connectivity index (χ1) is 26.0. The van der Waals surface area contributed by atoms with Gasteiger partial charge in [-0.3, -0.25) is 19.6 Å². The molecule has 8 rings (SSSR count). The molecule has 0 spiro atoms. The highest BCUT2D eigenvalue weighted by molar-refractivity contribution is 7.10. The molecule has 1 saturated carbocycles. The highest BCUT2D eigenvalue weighted by Crippen LogP contribution is 2.42. The first-order valence-electron chi connectivity index (χ1n) is 19.4. The van der Waals surface area contributed by atoms with Crippen molar-refractivity contribution in [2.45, 2.75) is 103 Å². The normalized spacial score (nSPS) is 24.8. The van der Waals surface area contributed by atoms with Gasteiger partial charge in [0, 0.05) is 78.2 Å². The molecule has 12 nitrogen and oxygen atoms in total. The Bertz CT molecular complexity index is 2080. The van der Waals surface area contributed by atoms with Gasteiger partial charge >= 0.3 is 12.0 Å². The van der Waals surface area contributed by atoms with E-state index >= 15 is 0 Å². The summed E-state index contributed by atoms with van der Waals surface area (Å²) in [7, 11) is 1.70. The minimum atomic E-state index is -0.851. The number of methoxy groups -OCH3 is 1. The number of amides is 3. The molecule has 3 fully saturated rings. The fraction of sp³-hybridized carbons (Fsp3) is 0.537. The van der Waals surface area contributed by atoms with Gasteiger partial charge in [-0.25, -0.2) is 15.2 Å². The summed E-state index contributed by atoms with van der Waals surface area (Å²) in [4.78, 5) is 53.3. The number of aryl methyl sites for hydroxylation is 1. The average Bonchev–Trinajstić information content (AvgIpc) is 3.87. The topological polar surface area (TPSA) is 131 Å². The molecule has 0 radical (unpaired) electrons. The Morgan fingerprint density at radius 3 is 2.83 bits per heavy atom. The maximum Gasteiger partial charge on any atom is 0.324 e. The second-order valence-electron chi connectivity index (χ2n) is 16.1. The molecular formula is C41H51N7O5S. The van der Waals surface area contributed by atoms with Gasteiger partial charge < -0.3 is 24.3 Å². The number of benzene rings is 1. The van der Waals surface area contributed by atoms with Crippen LogP contribution in [0.15, 0.2) is 41.9 Å². The summed E-state index contributed by atoms with van der Waals surface area (Å²) in [6.45, 7) is 10.5. The average molecular weight is 754 g/mol. The third kappa shape index (κ3) is 6.79. The number of thiazole rings is 1. The summed E-state index contributed by atoms with van der Waals surface area (Å²) in [5, 5.41) is 8.48. The van der Waals surface area contributed by atoms with Crippen molar-refractivity contribution in [2.75, 3.05) is 26.8 Å². The lowest BCUT2D eigenvalue weighted by molar-refractivity contribution is -0.155. The van der Waals surface area contributed by atoms with Crippen LogP contribution in [0.5, 0.6) is 0 Å². The molecule has 5 atom stereocenters. The largest absolute Gasteiger partial charge is 0.464 e. The van der Waals surface area contributed by atoms with Gasteiger partial charge in [-0.05, 0) is 81.7 Å². The lowest BCUT2D eigenvalue weighted by Crippen LogP contribution is -2.64. The van der Waals surface area contributed by atoms with Crippen molar-refractivity contribution in [2.24, 2.45) is 11.3 Å². The number of hydrogen-bond donors (Lipinski definition) is 2. The van der Waals surface area contributed by atoms with E-state index in [1.54, 1.807) is 7.11 Å². The molecule has 3 aromatic heterocycles. The Balaban J connectivity index is 1.22. The number of carbonyl (C=O) groups is 3. The maximum atomic E-state index is 14.2. The van der Waals surface area contributed by atoms with Crippen molar-refractivity contribution >= 4 is 40.1 Å². The fourth-order valence-corrected chi connectivity index (χ4v) is 9.77. The van der Waals surface area contributed by atoms with E-state index in [0.717, 1.165) is 82.0 Å². The number of pyridine rings is 1. The molecule has 4 aliphatic rings. The number of hydrogen-bond acceptors (Lipinski definition) is 9. The molecule has 0 unspecified atom stereocenters. The van der Waals surface area contributed by atoms with Crippen molar-refractivity contribution in [1.82, 2.24) is 35.2 Å². The zero-order valence-electron chi connectivity index (χ0n) is 31.9. The van der Waals surface area contributed by atoms with E-state index in [-0.39, 0.29) is 43.1 Å². The van der Waals surface area contributed by atoms with Gasteiger partial charge in [0.05, 0.1) is 34.8 Å². The van der Waals surface area contributed by atoms with E-state index < -0.39 is 17.5 Å². The highest BCUT2D eigenvalue weighted by Gasteiger charge is 2.45. The van der Waals surface area contributed by atoms with Crippen molar-refractivity contribution in [1.29, 1.82) is 0 Å². The van der Waals surface area contributed by atoms with Crippen LogP contribution in [0.25, 0.3) is 33.4 Å². The van der Waals surface area contributed by atoms with E-state index in [4.69, 9.17) is 19.4 Å². The lowest BCUT2D eigenvalue weighted by Gasteiger charge is -2.45. The predicted octanol–water partition coefficient (Wildman–Crippen LogP) is 6.28. The molecule has 54 heavy (non-hydrogen) atoms. The van der Waals surface area contributed by atoms with Crippen LogP contribution in [0.1, 0.15) is 82.2 Å². The summed E-state index contributed by atoms with van der Waals surface area (Å²) in [6, 6.07) is 9.08. The number of nitrogens with one attached hydrogen (secondary N) is 2. The number of fused-ring (bicyclic) bond motifs is 7. The summed E-state index contributed by atoms with van der Waals surface area (Å²) in [5.41, 5.74) is 9.71. The zero-order valence-corrected chi connectivity index (χ0v) is 32.7. The molecule has 6 bridgehead atoms. The Hall–Kier alpha value is -4.33. The smallest absolute Gasteiger partial charge is 0.324 e. The molecule has 3 aliphatic heterocycles. The first kappa shape index (κ1) is 36.6. The molecule has 286 valence electrons. The number of hydrazine groups is 1. The van der Waals surface area contributed by atoms with E-state index in [9.17, 15) is 14.4 Å². The van der Waals surface area contributed by atoms with Gasteiger partial charge in [-0.15, -0.1) is 11.3 Å². The second kappa shape index (κ2) is 14.7. The SMILES string of the molecule is CCn1c(-c2cccnc2[C@H](C)OC)c2c3cc(ccc31)-c1csc(n1)C[C@H](NC(=O)N1C[C@H]3CCC[C@H]31)C(=O)N1CCC[C@H](N1)C(=O)OCC(C)(C)C2. The second-order valence-corrected chi connectivity index (χ2v) is 17.1. The summed E-state index contributed by atoms with van der Waals surface area (Å²) in [6.07, 6.45) is 6.93. The van der Waals surface area contributed by atoms with Crippen LogP contribution in [0, 0.1) is 11.3 Å². The Labute approximate surface area is 320 Å². The number of urea groups is 1. The summed E-state index contributed by atoms with van der Waals surface area (Å²) in [5.74, 6) is -0.108. The van der Waals surface area contributed by atoms with Crippen LogP contribution >= 0.6 is 11.3 Å². The standard InChI is InChI=1S/C41H51N7O5S/c1-6-46-34-15-14-25-18-28(34)29(37(46)27-11-8-16-42-36(27)24(2)52-5)20-41(3,4)23-53-39(50)30-12-9-17-48(45-30)38(49)31(19-35-43-32(25)22-54-35)44-40(51)47-21-26-10-7-13-33(26)47/h8,11,14-16,18,22,24,26,30-31,33,45H,6-7,9-10,12-13,17,19-21,23H2,1-5H3,(H,44,51)/t24-,26+,30-,31-,33+/m0/s1. The van der Waals surface area contributed by atoms with Crippen LogP contribution in [0.2, 0.25) is 0 Å². The molecule has 3 amide bonds. The third-order valence-corrected chi connectivity index (χ3v) is 12.7. The van der Waals surface area contributed by atoms with Gasteiger partial charge in [-0.1, -0.05) is 26.3 Å². The van der Waals surface area contributed by atoms with Crippen molar-refractivity contribution < 1.29 is 23.9 Å². The highest BCUT2D eigenvalue weighted by atomic mass is 32.1. The summed E-state index contributed by atoms with van der Waals surface area (Å²) >= 11 is 1.49. The number of ether oxygens (including phenoxy) is 2. The lowest BCUT2D eigenvalue weighted by atomic mass is 9.84. The van der Waals surface area contributed by atoms with Crippen LogP contribution < -0.4 is 10.7 Å².